The fourth-order valence-corrected chi connectivity index (χ4v) is 3.75. The molecule has 0 radical (unpaired) electrons. The highest BCUT2D eigenvalue weighted by Gasteiger charge is 2.27. The Morgan fingerprint density at radius 2 is 1.77 bits per heavy atom. The van der Waals surface area contributed by atoms with E-state index >= 15 is 0 Å². The van der Waals surface area contributed by atoms with Gasteiger partial charge in [0.25, 0.3) is 0 Å². The van der Waals surface area contributed by atoms with Crippen LogP contribution in [0.4, 0.5) is 4.79 Å². The van der Waals surface area contributed by atoms with Gasteiger partial charge in [0.15, 0.2) is 0 Å². The van der Waals surface area contributed by atoms with Crippen molar-refractivity contribution in [2.45, 2.75) is 18.9 Å². The number of rotatable bonds is 4. The van der Waals surface area contributed by atoms with Gasteiger partial charge in [-0.2, -0.15) is 0 Å². The Balaban J connectivity index is 1.29. The summed E-state index contributed by atoms with van der Waals surface area (Å²) >= 11 is 0. The number of likely N-dealkylation sites (tertiary alicyclic amines) is 1. The van der Waals surface area contributed by atoms with Gasteiger partial charge >= 0.3 is 6.09 Å². The van der Waals surface area contributed by atoms with E-state index in [1.807, 2.05) is 25.2 Å². The SMILES string of the molecule is CN(C(=O)Oc1ccccc1)C1CCN(CC2=c3ccccc3=C2)CC1. The standard InChI is InChI=1S/C22H24N2O2/c1-23(22(25)26-20-8-3-2-4-9-20)19-11-13-24(14-12-19)16-18-15-17-7-5-6-10-21(17)18/h2-10,15,19H,11-14,16H2,1H3. The van der Waals surface area contributed by atoms with E-state index in [1.165, 1.54) is 16.0 Å². The second kappa shape index (κ2) is 7.34. The fraction of sp³-hybridized carbons (Fsp3) is 0.318. The Kier molecular flexibility index (Phi) is 4.76. The first-order valence-electron chi connectivity index (χ1n) is 9.23. The fourth-order valence-electron chi connectivity index (χ4n) is 3.75. The lowest BCUT2D eigenvalue weighted by Crippen LogP contribution is -2.47. The number of hydrogen-bond acceptors (Lipinski definition) is 3. The van der Waals surface area contributed by atoms with Crippen LogP contribution in [0.1, 0.15) is 12.8 Å². The maximum Gasteiger partial charge on any atom is 0.415 e. The van der Waals surface area contributed by atoms with Crippen LogP contribution in [0.2, 0.25) is 0 Å². The van der Waals surface area contributed by atoms with Crippen molar-refractivity contribution in [2.75, 3.05) is 26.7 Å². The Hall–Kier alpha value is -2.59. The molecule has 1 heterocycles. The number of piperidine rings is 1. The molecular formula is C22H24N2O2. The highest BCUT2D eigenvalue weighted by Crippen LogP contribution is 2.19. The minimum atomic E-state index is -0.273. The molecule has 0 spiro atoms. The number of carbonyl (C=O) groups excluding carboxylic acids is 1. The zero-order valence-corrected chi connectivity index (χ0v) is 15.1. The highest BCUT2D eigenvalue weighted by molar-refractivity contribution is 5.83. The van der Waals surface area contributed by atoms with E-state index in [0.717, 1.165) is 32.5 Å². The predicted molar refractivity (Wildman–Crippen MR) is 103 cm³/mol. The molecule has 0 atom stereocenters. The van der Waals surface area contributed by atoms with Crippen molar-refractivity contribution in [3.05, 3.63) is 65.0 Å². The molecule has 2 aliphatic rings. The van der Waals surface area contributed by atoms with Gasteiger partial charge in [0.1, 0.15) is 5.75 Å². The molecule has 1 amide bonds. The van der Waals surface area contributed by atoms with Crippen LogP contribution in [0.5, 0.6) is 5.75 Å². The summed E-state index contributed by atoms with van der Waals surface area (Å²) in [6.45, 7) is 3.02. The summed E-state index contributed by atoms with van der Waals surface area (Å²) in [6, 6.07) is 18.0. The molecule has 0 unspecified atom stereocenters. The summed E-state index contributed by atoms with van der Waals surface area (Å²) in [5.41, 5.74) is 1.43. The molecule has 1 aliphatic carbocycles. The van der Waals surface area contributed by atoms with E-state index in [4.69, 9.17) is 4.74 Å². The van der Waals surface area contributed by atoms with Crippen molar-refractivity contribution < 1.29 is 9.53 Å². The third-order valence-electron chi connectivity index (χ3n) is 5.37. The third-order valence-corrected chi connectivity index (χ3v) is 5.37. The number of nitrogens with zero attached hydrogens (tertiary/aromatic N) is 2. The Morgan fingerprint density at radius 1 is 1.08 bits per heavy atom. The van der Waals surface area contributed by atoms with E-state index in [9.17, 15) is 4.79 Å². The van der Waals surface area contributed by atoms with Crippen molar-refractivity contribution in [3.63, 3.8) is 0 Å². The van der Waals surface area contributed by atoms with Gasteiger partial charge in [-0.25, -0.2) is 4.79 Å². The summed E-state index contributed by atoms with van der Waals surface area (Å²) in [5.74, 6) is 0.595. The third kappa shape index (κ3) is 3.51. The monoisotopic (exact) mass is 348 g/mol. The van der Waals surface area contributed by atoms with E-state index in [1.54, 1.807) is 17.0 Å². The summed E-state index contributed by atoms with van der Waals surface area (Å²) in [7, 11) is 1.84. The summed E-state index contributed by atoms with van der Waals surface area (Å²) in [6.07, 6.45) is 3.97. The van der Waals surface area contributed by atoms with Crippen molar-refractivity contribution in [2.24, 2.45) is 0 Å². The van der Waals surface area contributed by atoms with Gasteiger partial charge in [-0.3, -0.25) is 4.90 Å². The average Bonchev–Trinajstić information content (AvgIpc) is 2.67. The molecule has 0 aromatic heterocycles. The first kappa shape index (κ1) is 16.9. The number of carbonyl (C=O) groups is 1. The largest absolute Gasteiger partial charge is 0.415 e. The van der Waals surface area contributed by atoms with Crippen LogP contribution in [-0.4, -0.2) is 48.6 Å². The van der Waals surface area contributed by atoms with Crippen LogP contribution in [0.15, 0.2) is 54.6 Å². The lowest BCUT2D eigenvalue weighted by molar-refractivity contribution is 0.114. The minimum Gasteiger partial charge on any atom is -0.410 e. The van der Waals surface area contributed by atoms with Gasteiger partial charge in [0, 0.05) is 32.7 Å². The summed E-state index contributed by atoms with van der Waals surface area (Å²) < 4.78 is 5.45. The quantitative estimate of drug-likeness (QED) is 0.849. The molecule has 2 aromatic rings. The Bertz CT molecular complexity index is 899. The molecule has 0 N–H and O–H groups in total. The van der Waals surface area contributed by atoms with Gasteiger partial charge in [0.05, 0.1) is 0 Å². The maximum absolute atomic E-state index is 12.3. The number of hydrogen-bond donors (Lipinski definition) is 0. The lowest BCUT2D eigenvalue weighted by atomic mass is 9.98. The molecule has 4 rings (SSSR count). The zero-order valence-electron chi connectivity index (χ0n) is 15.1. The van der Waals surface area contributed by atoms with Crippen molar-refractivity contribution in [1.29, 1.82) is 0 Å². The number of para-hydroxylation sites is 1. The van der Waals surface area contributed by atoms with Crippen LogP contribution < -0.4 is 15.2 Å². The van der Waals surface area contributed by atoms with Gasteiger partial charge in [-0.05, 0) is 47.1 Å². The number of ether oxygens (including phenoxy) is 1. The molecule has 1 saturated heterocycles. The molecule has 0 saturated carbocycles. The number of fused-ring (bicyclic) bond motifs is 1. The topological polar surface area (TPSA) is 32.8 Å². The van der Waals surface area contributed by atoms with Crippen molar-refractivity contribution in [1.82, 2.24) is 9.80 Å². The predicted octanol–water partition coefficient (Wildman–Crippen LogP) is 2.23. The van der Waals surface area contributed by atoms with E-state index in [2.05, 4.69) is 35.2 Å². The smallest absolute Gasteiger partial charge is 0.410 e. The zero-order chi connectivity index (χ0) is 17.9. The molecule has 134 valence electrons. The summed E-state index contributed by atoms with van der Waals surface area (Å²) in [4.78, 5) is 16.6. The molecule has 4 heteroatoms. The van der Waals surface area contributed by atoms with E-state index < -0.39 is 0 Å². The van der Waals surface area contributed by atoms with Gasteiger partial charge < -0.3 is 9.64 Å². The normalized spacial score (nSPS) is 17.0. The van der Waals surface area contributed by atoms with Crippen LogP contribution >= 0.6 is 0 Å². The first-order chi connectivity index (χ1) is 12.7. The number of benzene rings is 2. The van der Waals surface area contributed by atoms with Crippen molar-refractivity contribution >= 4 is 17.7 Å². The van der Waals surface area contributed by atoms with E-state index in [0.29, 0.717) is 5.75 Å². The minimum absolute atomic E-state index is 0.241. The van der Waals surface area contributed by atoms with Crippen molar-refractivity contribution in [3.8, 4) is 5.75 Å². The van der Waals surface area contributed by atoms with Gasteiger partial charge in [0.2, 0.25) is 0 Å². The van der Waals surface area contributed by atoms with Crippen LogP contribution in [-0.2, 0) is 0 Å². The average molecular weight is 348 g/mol. The second-order valence-corrected chi connectivity index (χ2v) is 7.06. The molecule has 26 heavy (non-hydrogen) atoms. The Morgan fingerprint density at radius 3 is 2.50 bits per heavy atom. The van der Waals surface area contributed by atoms with Crippen LogP contribution in [0.3, 0.4) is 0 Å². The van der Waals surface area contributed by atoms with E-state index in [-0.39, 0.29) is 12.1 Å². The Labute approximate surface area is 154 Å². The maximum atomic E-state index is 12.3. The number of amides is 1. The van der Waals surface area contributed by atoms with Gasteiger partial charge in [-0.1, -0.05) is 42.5 Å². The second-order valence-electron chi connectivity index (χ2n) is 7.06. The van der Waals surface area contributed by atoms with Crippen LogP contribution in [0.25, 0.3) is 11.6 Å². The highest BCUT2D eigenvalue weighted by atomic mass is 16.6. The molecule has 1 fully saturated rings. The van der Waals surface area contributed by atoms with Crippen LogP contribution in [0, 0.1) is 0 Å². The molecular weight excluding hydrogens is 324 g/mol. The van der Waals surface area contributed by atoms with Gasteiger partial charge in [-0.15, -0.1) is 0 Å². The molecule has 2 aromatic carbocycles. The molecule has 0 bridgehead atoms. The molecule has 1 aliphatic heterocycles. The first-order valence-corrected chi connectivity index (χ1v) is 9.23. The lowest BCUT2D eigenvalue weighted by Gasteiger charge is -2.36. The molecule has 4 nitrogen and oxygen atoms in total. The summed E-state index contributed by atoms with van der Waals surface area (Å²) in [5, 5.41) is 2.74.